The van der Waals surface area contributed by atoms with Crippen LogP contribution in [0.3, 0.4) is 0 Å². The maximum atomic E-state index is 12.8. The second-order valence-corrected chi connectivity index (χ2v) is 4.63. The van der Waals surface area contributed by atoms with E-state index in [2.05, 4.69) is 9.80 Å². The minimum absolute atomic E-state index is 0.203. The van der Waals surface area contributed by atoms with Gasteiger partial charge in [0.1, 0.15) is 11.6 Å². The van der Waals surface area contributed by atoms with E-state index in [1.165, 1.54) is 12.1 Å². The molecule has 0 radical (unpaired) electrons. The first-order chi connectivity index (χ1) is 8.69. The molecule has 1 fully saturated rings. The molecule has 1 heterocycles. The van der Waals surface area contributed by atoms with Crippen LogP contribution < -0.4 is 4.90 Å². The Morgan fingerprint density at radius 1 is 1.17 bits per heavy atom. The zero-order chi connectivity index (χ0) is 13.0. The first-order valence-corrected chi connectivity index (χ1v) is 6.43. The fourth-order valence-electron chi connectivity index (χ4n) is 2.18. The molecular formula is C14H19FN2O. The topological polar surface area (TPSA) is 23.6 Å². The standard InChI is InChI=1S/C14H19FN2O/c1-2-14(18)11-16-7-9-17(10-8-16)13-5-3-12(15)4-6-13/h3-6H,2,7-11H2,1H3. The van der Waals surface area contributed by atoms with Gasteiger partial charge in [-0.15, -0.1) is 0 Å². The van der Waals surface area contributed by atoms with E-state index < -0.39 is 0 Å². The lowest BCUT2D eigenvalue weighted by molar-refractivity contribution is -0.119. The fourth-order valence-corrected chi connectivity index (χ4v) is 2.18. The summed E-state index contributed by atoms with van der Waals surface area (Å²) in [5.74, 6) is 0.0937. The zero-order valence-electron chi connectivity index (χ0n) is 10.7. The monoisotopic (exact) mass is 250 g/mol. The molecular weight excluding hydrogens is 231 g/mol. The SMILES string of the molecule is CCC(=O)CN1CCN(c2ccc(F)cc2)CC1. The van der Waals surface area contributed by atoms with Gasteiger partial charge >= 0.3 is 0 Å². The Balaban J connectivity index is 1.86. The Kier molecular flexibility index (Phi) is 4.31. The first kappa shape index (κ1) is 13.0. The van der Waals surface area contributed by atoms with Gasteiger partial charge in [0.15, 0.2) is 0 Å². The van der Waals surface area contributed by atoms with Crippen LogP contribution in [-0.2, 0) is 4.79 Å². The first-order valence-electron chi connectivity index (χ1n) is 6.43. The summed E-state index contributed by atoms with van der Waals surface area (Å²) in [6, 6.07) is 6.59. The van der Waals surface area contributed by atoms with E-state index in [1.54, 1.807) is 0 Å². The van der Waals surface area contributed by atoms with E-state index in [-0.39, 0.29) is 5.82 Å². The van der Waals surface area contributed by atoms with Crippen molar-refractivity contribution in [3.05, 3.63) is 30.1 Å². The van der Waals surface area contributed by atoms with Crippen LogP contribution >= 0.6 is 0 Å². The summed E-state index contributed by atoms with van der Waals surface area (Å²) in [4.78, 5) is 15.8. The highest BCUT2D eigenvalue weighted by Crippen LogP contribution is 2.16. The Morgan fingerprint density at radius 3 is 2.33 bits per heavy atom. The lowest BCUT2D eigenvalue weighted by Crippen LogP contribution is -2.47. The summed E-state index contributed by atoms with van der Waals surface area (Å²) >= 11 is 0. The Bertz CT molecular complexity index is 397. The van der Waals surface area contributed by atoms with Gasteiger partial charge in [-0.25, -0.2) is 4.39 Å². The molecule has 1 aromatic rings. The smallest absolute Gasteiger partial charge is 0.146 e. The van der Waals surface area contributed by atoms with Crippen LogP contribution in [0.25, 0.3) is 0 Å². The van der Waals surface area contributed by atoms with Crippen LogP contribution in [-0.4, -0.2) is 43.4 Å². The summed E-state index contributed by atoms with van der Waals surface area (Å²) in [6.45, 7) is 6.03. The predicted octanol–water partition coefficient (Wildman–Crippen LogP) is 1.93. The number of halogens is 1. The van der Waals surface area contributed by atoms with E-state index in [9.17, 15) is 9.18 Å². The van der Waals surface area contributed by atoms with E-state index in [1.807, 2.05) is 19.1 Å². The van der Waals surface area contributed by atoms with Crippen LogP contribution in [0.2, 0.25) is 0 Å². The van der Waals surface area contributed by atoms with Crippen molar-refractivity contribution in [2.24, 2.45) is 0 Å². The molecule has 1 saturated heterocycles. The molecule has 0 aliphatic carbocycles. The van der Waals surface area contributed by atoms with Crippen LogP contribution in [0.4, 0.5) is 10.1 Å². The van der Waals surface area contributed by atoms with Crippen molar-refractivity contribution in [3.8, 4) is 0 Å². The molecule has 0 aromatic heterocycles. The van der Waals surface area contributed by atoms with Gasteiger partial charge in [-0.1, -0.05) is 6.92 Å². The van der Waals surface area contributed by atoms with Crippen molar-refractivity contribution in [2.75, 3.05) is 37.6 Å². The Hall–Kier alpha value is -1.42. The van der Waals surface area contributed by atoms with Gasteiger partial charge in [-0.2, -0.15) is 0 Å². The second kappa shape index (κ2) is 5.96. The molecule has 0 spiro atoms. The molecule has 0 bridgehead atoms. The van der Waals surface area contributed by atoms with Gasteiger partial charge in [0.25, 0.3) is 0 Å². The third-order valence-electron chi connectivity index (χ3n) is 3.36. The average Bonchev–Trinajstić information content (AvgIpc) is 2.40. The number of benzene rings is 1. The van der Waals surface area contributed by atoms with Crippen molar-refractivity contribution >= 4 is 11.5 Å². The highest BCUT2D eigenvalue weighted by Gasteiger charge is 2.18. The van der Waals surface area contributed by atoms with E-state index in [0.29, 0.717) is 18.7 Å². The summed E-state index contributed by atoms with van der Waals surface area (Å²) < 4.78 is 12.8. The van der Waals surface area contributed by atoms with Gasteiger partial charge < -0.3 is 4.90 Å². The van der Waals surface area contributed by atoms with Crippen molar-refractivity contribution in [3.63, 3.8) is 0 Å². The number of hydrogen-bond acceptors (Lipinski definition) is 3. The van der Waals surface area contributed by atoms with Gasteiger partial charge in [0.05, 0.1) is 6.54 Å². The molecule has 4 heteroatoms. The van der Waals surface area contributed by atoms with Gasteiger partial charge in [-0.05, 0) is 24.3 Å². The number of Topliss-reactive ketones (excluding diaryl/α,β-unsaturated/α-hetero) is 1. The fraction of sp³-hybridized carbons (Fsp3) is 0.500. The molecule has 0 atom stereocenters. The van der Waals surface area contributed by atoms with Gasteiger partial charge in [-0.3, -0.25) is 9.69 Å². The number of ketones is 1. The molecule has 2 rings (SSSR count). The number of piperazine rings is 1. The van der Waals surface area contributed by atoms with Crippen molar-refractivity contribution in [1.82, 2.24) is 4.90 Å². The molecule has 0 N–H and O–H groups in total. The quantitative estimate of drug-likeness (QED) is 0.815. The minimum atomic E-state index is -0.203. The van der Waals surface area contributed by atoms with Gasteiger partial charge in [0, 0.05) is 38.3 Å². The largest absolute Gasteiger partial charge is 0.369 e. The Morgan fingerprint density at radius 2 is 1.78 bits per heavy atom. The van der Waals surface area contributed by atoms with Crippen molar-refractivity contribution in [2.45, 2.75) is 13.3 Å². The number of carbonyl (C=O) groups excluding carboxylic acids is 1. The van der Waals surface area contributed by atoms with Gasteiger partial charge in [0.2, 0.25) is 0 Å². The molecule has 1 aliphatic heterocycles. The van der Waals surface area contributed by atoms with E-state index in [4.69, 9.17) is 0 Å². The third kappa shape index (κ3) is 3.29. The summed E-state index contributed by atoms with van der Waals surface area (Å²) in [7, 11) is 0. The molecule has 0 amide bonds. The summed E-state index contributed by atoms with van der Waals surface area (Å²) in [5, 5.41) is 0. The average molecular weight is 250 g/mol. The number of hydrogen-bond donors (Lipinski definition) is 0. The predicted molar refractivity (Wildman–Crippen MR) is 70.4 cm³/mol. The molecule has 1 aliphatic rings. The number of carbonyl (C=O) groups is 1. The minimum Gasteiger partial charge on any atom is -0.369 e. The maximum Gasteiger partial charge on any atom is 0.146 e. The zero-order valence-corrected chi connectivity index (χ0v) is 10.7. The summed E-state index contributed by atoms with van der Waals surface area (Å²) in [5.41, 5.74) is 1.05. The highest BCUT2D eigenvalue weighted by molar-refractivity contribution is 5.80. The highest BCUT2D eigenvalue weighted by atomic mass is 19.1. The molecule has 0 unspecified atom stereocenters. The molecule has 18 heavy (non-hydrogen) atoms. The van der Waals surface area contributed by atoms with E-state index >= 15 is 0 Å². The number of anilines is 1. The van der Waals surface area contributed by atoms with Crippen LogP contribution in [0.5, 0.6) is 0 Å². The van der Waals surface area contributed by atoms with Crippen LogP contribution in [0.15, 0.2) is 24.3 Å². The molecule has 98 valence electrons. The molecule has 1 aromatic carbocycles. The van der Waals surface area contributed by atoms with Crippen molar-refractivity contribution < 1.29 is 9.18 Å². The van der Waals surface area contributed by atoms with Crippen molar-refractivity contribution in [1.29, 1.82) is 0 Å². The number of rotatable bonds is 4. The lowest BCUT2D eigenvalue weighted by atomic mass is 10.2. The third-order valence-corrected chi connectivity index (χ3v) is 3.36. The molecule has 0 saturated carbocycles. The summed E-state index contributed by atoms with van der Waals surface area (Å²) in [6.07, 6.45) is 0.609. The second-order valence-electron chi connectivity index (χ2n) is 4.63. The van der Waals surface area contributed by atoms with E-state index in [0.717, 1.165) is 31.9 Å². The normalized spacial score (nSPS) is 16.9. The van der Waals surface area contributed by atoms with Crippen LogP contribution in [0.1, 0.15) is 13.3 Å². The maximum absolute atomic E-state index is 12.8. The Labute approximate surface area is 107 Å². The van der Waals surface area contributed by atoms with Crippen LogP contribution in [0, 0.1) is 5.82 Å². The lowest BCUT2D eigenvalue weighted by Gasteiger charge is -2.35. The molecule has 3 nitrogen and oxygen atoms in total. The number of nitrogens with zero attached hydrogens (tertiary/aromatic N) is 2.